The third-order valence-corrected chi connectivity index (χ3v) is 4.67. The highest BCUT2D eigenvalue weighted by atomic mass is 32.1. The summed E-state index contributed by atoms with van der Waals surface area (Å²) in [6.45, 7) is 7.00. The van der Waals surface area contributed by atoms with Crippen molar-refractivity contribution in [1.82, 2.24) is 4.98 Å². The Bertz CT molecular complexity index is 642. The maximum Gasteiger partial charge on any atom is 0.140 e. The summed E-state index contributed by atoms with van der Waals surface area (Å²) >= 11 is 1.65. The van der Waals surface area contributed by atoms with Gasteiger partial charge in [-0.2, -0.15) is 0 Å². The number of thiazole rings is 1. The lowest BCUT2D eigenvalue weighted by Crippen LogP contribution is -2.11. The number of aryl methyl sites for hydroxylation is 1. The monoisotopic (exact) mass is 303 g/mol. The van der Waals surface area contributed by atoms with Crippen LogP contribution in [0.1, 0.15) is 55.1 Å². The number of aliphatic hydroxyl groups excluding tert-OH is 1. The normalized spacial score (nSPS) is 17.8. The molecule has 0 radical (unpaired) electrons. The van der Waals surface area contributed by atoms with Gasteiger partial charge >= 0.3 is 0 Å². The van der Waals surface area contributed by atoms with Crippen LogP contribution in [-0.4, -0.2) is 10.1 Å². The van der Waals surface area contributed by atoms with Crippen LogP contribution in [0.4, 0.5) is 0 Å². The topological polar surface area (TPSA) is 42.4 Å². The van der Waals surface area contributed by atoms with Crippen molar-refractivity contribution in [2.75, 3.05) is 0 Å². The Morgan fingerprint density at radius 1 is 1.38 bits per heavy atom. The van der Waals surface area contributed by atoms with E-state index < -0.39 is 0 Å². The molecule has 112 valence electrons. The third-order valence-electron chi connectivity index (χ3n) is 3.84. The lowest BCUT2D eigenvalue weighted by atomic mass is 9.93. The van der Waals surface area contributed by atoms with Crippen molar-refractivity contribution in [1.29, 1.82) is 0 Å². The van der Waals surface area contributed by atoms with Gasteiger partial charge in [0.2, 0.25) is 0 Å². The smallest absolute Gasteiger partial charge is 0.140 e. The van der Waals surface area contributed by atoms with Gasteiger partial charge in [-0.3, -0.25) is 0 Å². The number of rotatable bonds is 3. The average molecular weight is 303 g/mol. The maximum atomic E-state index is 9.81. The van der Waals surface area contributed by atoms with Gasteiger partial charge in [-0.1, -0.05) is 26.8 Å². The van der Waals surface area contributed by atoms with Crippen molar-refractivity contribution in [3.05, 3.63) is 45.4 Å². The van der Waals surface area contributed by atoms with Gasteiger partial charge in [0.15, 0.2) is 0 Å². The Morgan fingerprint density at radius 2 is 2.19 bits per heavy atom. The van der Waals surface area contributed by atoms with Crippen LogP contribution in [0.2, 0.25) is 0 Å². The van der Waals surface area contributed by atoms with Crippen LogP contribution in [0.3, 0.4) is 0 Å². The van der Waals surface area contributed by atoms with E-state index in [0.717, 1.165) is 34.9 Å². The number of aliphatic hydroxyl groups is 1. The van der Waals surface area contributed by atoms with E-state index in [0.29, 0.717) is 6.61 Å². The van der Waals surface area contributed by atoms with Crippen molar-refractivity contribution in [2.45, 2.75) is 51.7 Å². The van der Waals surface area contributed by atoms with Crippen LogP contribution in [-0.2, 0) is 18.4 Å². The van der Waals surface area contributed by atoms with E-state index in [1.807, 2.05) is 18.2 Å². The fourth-order valence-electron chi connectivity index (χ4n) is 2.53. The van der Waals surface area contributed by atoms with Crippen LogP contribution >= 0.6 is 11.3 Å². The molecule has 1 atom stereocenters. The summed E-state index contributed by atoms with van der Waals surface area (Å²) in [7, 11) is 0. The minimum atomic E-state index is -0.303. The van der Waals surface area contributed by atoms with Crippen LogP contribution in [0.5, 0.6) is 5.75 Å². The molecule has 1 aromatic carbocycles. The zero-order valence-electron chi connectivity index (χ0n) is 12.7. The molecule has 4 heteroatoms. The van der Waals surface area contributed by atoms with E-state index in [2.05, 4.69) is 31.1 Å². The van der Waals surface area contributed by atoms with Crippen LogP contribution < -0.4 is 4.74 Å². The molecule has 1 N–H and O–H groups in total. The molecule has 3 rings (SSSR count). The summed E-state index contributed by atoms with van der Waals surface area (Å²) in [5.41, 5.74) is 3.45. The van der Waals surface area contributed by atoms with Gasteiger partial charge in [-0.05, 0) is 36.1 Å². The van der Waals surface area contributed by atoms with Crippen LogP contribution in [0, 0.1) is 0 Å². The summed E-state index contributed by atoms with van der Waals surface area (Å²) in [5, 5.41) is 12.9. The summed E-state index contributed by atoms with van der Waals surface area (Å²) < 4.78 is 5.84. The Hall–Kier alpha value is -1.39. The number of ether oxygens (including phenoxy) is 1. The Labute approximate surface area is 129 Å². The Kier molecular flexibility index (Phi) is 3.76. The molecule has 0 fully saturated rings. The van der Waals surface area contributed by atoms with Gasteiger partial charge in [0.05, 0.1) is 11.8 Å². The van der Waals surface area contributed by atoms with E-state index in [-0.39, 0.29) is 11.5 Å². The van der Waals surface area contributed by atoms with Crippen molar-refractivity contribution in [2.24, 2.45) is 0 Å². The van der Waals surface area contributed by atoms with E-state index in [1.54, 1.807) is 11.3 Å². The molecule has 0 unspecified atom stereocenters. The first-order chi connectivity index (χ1) is 9.93. The molecule has 1 heterocycles. The molecule has 0 bridgehead atoms. The second kappa shape index (κ2) is 5.43. The van der Waals surface area contributed by atoms with Crippen LogP contribution in [0.25, 0.3) is 0 Å². The highest BCUT2D eigenvalue weighted by Gasteiger charge is 2.20. The first kappa shape index (κ1) is 14.5. The lowest BCUT2D eigenvalue weighted by Gasteiger charge is -2.14. The molecular formula is C17H21NO2S. The fourth-order valence-corrected chi connectivity index (χ4v) is 3.46. The van der Waals surface area contributed by atoms with E-state index in [1.165, 1.54) is 5.56 Å². The highest BCUT2D eigenvalue weighted by Crippen LogP contribution is 2.33. The predicted octanol–water partition coefficient (Wildman–Crippen LogP) is 4.00. The van der Waals surface area contributed by atoms with Crippen molar-refractivity contribution in [3.8, 4) is 5.75 Å². The van der Waals surface area contributed by atoms with Crippen molar-refractivity contribution in [3.63, 3.8) is 0 Å². The summed E-state index contributed by atoms with van der Waals surface area (Å²) in [5.74, 6) is 0.857. The molecule has 21 heavy (non-hydrogen) atoms. The standard InChI is InChI=1S/C17H21NO2S/c1-17(2,3)15-10-21-16(18-15)9-20-12-5-6-13-11(8-12)4-7-14(13)19/h5-6,8,10,14,19H,4,7,9H2,1-3H3/t14-/m0/s1. The minimum Gasteiger partial charge on any atom is -0.486 e. The number of fused-ring (bicyclic) bond motifs is 1. The maximum absolute atomic E-state index is 9.81. The van der Waals surface area contributed by atoms with E-state index in [9.17, 15) is 5.11 Å². The SMILES string of the molecule is CC(C)(C)c1csc(COc2ccc3c(c2)CC[C@@H]3O)n1. The lowest BCUT2D eigenvalue weighted by molar-refractivity contribution is 0.180. The summed E-state index contributed by atoms with van der Waals surface area (Å²) in [6.07, 6.45) is 1.45. The molecule has 3 nitrogen and oxygen atoms in total. The minimum absolute atomic E-state index is 0.0818. The summed E-state index contributed by atoms with van der Waals surface area (Å²) in [6, 6.07) is 5.96. The van der Waals surface area contributed by atoms with Crippen LogP contribution in [0.15, 0.2) is 23.6 Å². The van der Waals surface area contributed by atoms with Crippen molar-refractivity contribution >= 4 is 11.3 Å². The zero-order chi connectivity index (χ0) is 15.0. The van der Waals surface area contributed by atoms with Gasteiger partial charge in [-0.25, -0.2) is 4.98 Å². The molecule has 2 aromatic rings. The molecule has 1 aliphatic rings. The quantitative estimate of drug-likeness (QED) is 0.932. The molecule has 1 aromatic heterocycles. The molecule has 0 saturated carbocycles. The number of nitrogens with zero attached hydrogens (tertiary/aromatic N) is 1. The first-order valence-corrected chi connectivity index (χ1v) is 8.20. The Balaban J connectivity index is 1.67. The second-order valence-corrected chi connectivity index (χ2v) is 7.52. The van der Waals surface area contributed by atoms with Gasteiger partial charge in [0.1, 0.15) is 17.4 Å². The van der Waals surface area contributed by atoms with Gasteiger partial charge in [0.25, 0.3) is 0 Å². The highest BCUT2D eigenvalue weighted by molar-refractivity contribution is 7.09. The fraction of sp³-hybridized carbons (Fsp3) is 0.471. The number of benzene rings is 1. The molecular weight excluding hydrogens is 282 g/mol. The summed E-state index contributed by atoms with van der Waals surface area (Å²) in [4.78, 5) is 4.63. The molecule has 0 amide bonds. The zero-order valence-corrected chi connectivity index (χ0v) is 13.5. The molecule has 0 aliphatic heterocycles. The van der Waals surface area contributed by atoms with Gasteiger partial charge in [0, 0.05) is 10.8 Å². The molecule has 1 aliphatic carbocycles. The van der Waals surface area contributed by atoms with Crippen molar-refractivity contribution < 1.29 is 9.84 Å². The first-order valence-electron chi connectivity index (χ1n) is 7.32. The van der Waals surface area contributed by atoms with Gasteiger partial charge < -0.3 is 9.84 Å². The average Bonchev–Trinajstić information content (AvgIpc) is 3.03. The Morgan fingerprint density at radius 3 is 2.90 bits per heavy atom. The molecule has 0 spiro atoms. The van der Waals surface area contributed by atoms with E-state index >= 15 is 0 Å². The molecule has 0 saturated heterocycles. The second-order valence-electron chi connectivity index (χ2n) is 6.58. The number of hydrogen-bond acceptors (Lipinski definition) is 4. The van der Waals surface area contributed by atoms with E-state index in [4.69, 9.17) is 4.74 Å². The number of aromatic nitrogens is 1. The largest absolute Gasteiger partial charge is 0.486 e. The third kappa shape index (κ3) is 3.11. The number of hydrogen-bond donors (Lipinski definition) is 1. The predicted molar refractivity (Wildman–Crippen MR) is 84.9 cm³/mol. The van der Waals surface area contributed by atoms with Gasteiger partial charge in [-0.15, -0.1) is 11.3 Å².